The minimum atomic E-state index is -0.186. The molecule has 7 nitrogen and oxygen atoms in total. The van der Waals surface area contributed by atoms with Crippen LogP contribution in [0.5, 0.6) is 0 Å². The van der Waals surface area contributed by atoms with Crippen LogP contribution in [-0.2, 0) is 5.75 Å². The summed E-state index contributed by atoms with van der Waals surface area (Å²) in [7, 11) is 0. The third kappa shape index (κ3) is 4.41. The molecule has 0 aliphatic rings. The van der Waals surface area contributed by atoms with Gasteiger partial charge in [0.05, 0.1) is 6.20 Å². The largest absolute Gasteiger partial charge is 0.423 e. The van der Waals surface area contributed by atoms with Gasteiger partial charge in [-0.15, -0.1) is 22.0 Å². The molecule has 4 aromatic rings. The third-order valence-electron chi connectivity index (χ3n) is 3.84. The van der Waals surface area contributed by atoms with Crippen molar-refractivity contribution in [3.8, 4) is 11.5 Å². The molecule has 0 aliphatic heterocycles. The fourth-order valence-corrected chi connectivity index (χ4v) is 3.32. The van der Waals surface area contributed by atoms with Crippen molar-refractivity contribution in [2.75, 3.05) is 5.32 Å². The van der Waals surface area contributed by atoms with Crippen LogP contribution in [0.1, 0.15) is 15.9 Å². The van der Waals surface area contributed by atoms with Gasteiger partial charge in [-0.2, -0.15) is 0 Å². The third-order valence-corrected chi connectivity index (χ3v) is 4.83. The molecular formula is C20H15N5O2S. The first-order chi connectivity index (χ1) is 13.8. The molecule has 0 saturated heterocycles. The zero-order chi connectivity index (χ0) is 19.2. The lowest BCUT2D eigenvalue weighted by Gasteiger charge is -2.08. The van der Waals surface area contributed by atoms with E-state index in [0.717, 1.165) is 16.2 Å². The molecule has 2 heterocycles. The van der Waals surface area contributed by atoms with Crippen LogP contribution in [0.25, 0.3) is 11.5 Å². The highest BCUT2D eigenvalue weighted by Gasteiger charge is 2.09. The average molecular weight is 389 g/mol. The first-order valence-electron chi connectivity index (χ1n) is 8.44. The minimum absolute atomic E-state index is 0.186. The van der Waals surface area contributed by atoms with Crippen LogP contribution >= 0.6 is 11.8 Å². The Balaban J connectivity index is 1.44. The smallest absolute Gasteiger partial charge is 0.255 e. The summed E-state index contributed by atoms with van der Waals surface area (Å²) < 4.78 is 5.20. The average Bonchev–Trinajstić information content (AvgIpc) is 3.28. The topological polar surface area (TPSA) is 93.8 Å². The highest BCUT2D eigenvalue weighted by molar-refractivity contribution is 7.98. The lowest BCUT2D eigenvalue weighted by atomic mass is 10.1. The number of benzene rings is 2. The number of aromatic nitrogens is 4. The summed E-state index contributed by atoms with van der Waals surface area (Å²) in [5.41, 5.74) is 3.01. The SMILES string of the molecule is O=C(Nc1cccc(-c2nnco2)c1)c1cccc(CSc2cnccn2)c1. The van der Waals surface area contributed by atoms with E-state index in [4.69, 9.17) is 4.42 Å². The second-order valence-electron chi connectivity index (χ2n) is 5.81. The molecule has 0 bridgehead atoms. The van der Waals surface area contributed by atoms with Crippen molar-refractivity contribution in [3.05, 3.63) is 84.6 Å². The molecule has 1 N–H and O–H groups in total. The van der Waals surface area contributed by atoms with E-state index < -0.39 is 0 Å². The summed E-state index contributed by atoms with van der Waals surface area (Å²) >= 11 is 1.57. The Morgan fingerprint density at radius 1 is 1.11 bits per heavy atom. The van der Waals surface area contributed by atoms with Crippen LogP contribution in [0.3, 0.4) is 0 Å². The van der Waals surface area contributed by atoms with Crippen molar-refractivity contribution < 1.29 is 9.21 Å². The maximum absolute atomic E-state index is 12.6. The Labute approximate surface area is 165 Å². The minimum Gasteiger partial charge on any atom is -0.423 e. The van der Waals surface area contributed by atoms with Crippen LogP contribution < -0.4 is 5.32 Å². The van der Waals surface area contributed by atoms with Crippen LogP contribution in [0, 0.1) is 0 Å². The molecule has 0 aliphatic carbocycles. The predicted molar refractivity (Wildman–Crippen MR) is 106 cm³/mol. The van der Waals surface area contributed by atoms with Gasteiger partial charge >= 0.3 is 0 Å². The van der Waals surface area contributed by atoms with Crippen molar-refractivity contribution in [2.45, 2.75) is 10.8 Å². The molecule has 4 rings (SSSR count). The number of carbonyl (C=O) groups excluding carboxylic acids is 1. The van der Waals surface area contributed by atoms with Crippen LogP contribution in [-0.4, -0.2) is 26.1 Å². The molecule has 8 heteroatoms. The van der Waals surface area contributed by atoms with Gasteiger partial charge in [-0.1, -0.05) is 18.2 Å². The summed E-state index contributed by atoms with van der Waals surface area (Å²) in [6.07, 6.45) is 6.29. The first kappa shape index (κ1) is 17.9. The number of hydrogen-bond donors (Lipinski definition) is 1. The van der Waals surface area contributed by atoms with Crippen molar-refractivity contribution in [1.29, 1.82) is 0 Å². The fourth-order valence-electron chi connectivity index (χ4n) is 2.55. The quantitative estimate of drug-likeness (QED) is 0.497. The van der Waals surface area contributed by atoms with Crippen molar-refractivity contribution >= 4 is 23.4 Å². The Morgan fingerprint density at radius 3 is 2.86 bits per heavy atom. The van der Waals surface area contributed by atoms with Gasteiger partial charge < -0.3 is 9.73 Å². The summed E-state index contributed by atoms with van der Waals surface area (Å²) in [5, 5.41) is 11.3. The molecule has 0 unspecified atom stereocenters. The Kier molecular flexibility index (Phi) is 5.39. The molecule has 0 radical (unpaired) electrons. The van der Waals surface area contributed by atoms with E-state index in [9.17, 15) is 4.79 Å². The molecular weight excluding hydrogens is 374 g/mol. The maximum atomic E-state index is 12.6. The van der Waals surface area contributed by atoms with E-state index in [0.29, 0.717) is 22.9 Å². The zero-order valence-corrected chi connectivity index (χ0v) is 15.5. The van der Waals surface area contributed by atoms with E-state index in [1.54, 1.807) is 42.5 Å². The number of anilines is 1. The second kappa shape index (κ2) is 8.45. The van der Waals surface area contributed by atoms with Gasteiger partial charge in [-0.3, -0.25) is 9.78 Å². The summed E-state index contributed by atoms with van der Waals surface area (Å²) in [5.74, 6) is 0.917. The lowest BCUT2D eigenvalue weighted by molar-refractivity contribution is 0.102. The zero-order valence-electron chi connectivity index (χ0n) is 14.6. The number of hydrogen-bond acceptors (Lipinski definition) is 7. The van der Waals surface area contributed by atoms with Gasteiger partial charge in [0.15, 0.2) is 0 Å². The Hall–Kier alpha value is -3.52. The van der Waals surface area contributed by atoms with Gasteiger partial charge in [0.1, 0.15) is 5.03 Å². The number of carbonyl (C=O) groups is 1. The molecule has 1 amide bonds. The second-order valence-corrected chi connectivity index (χ2v) is 6.81. The summed E-state index contributed by atoms with van der Waals surface area (Å²) in [4.78, 5) is 20.9. The number of nitrogens with one attached hydrogen (secondary N) is 1. The monoisotopic (exact) mass is 389 g/mol. The fraction of sp³-hybridized carbons (Fsp3) is 0.0500. The van der Waals surface area contributed by atoms with Crippen molar-refractivity contribution in [1.82, 2.24) is 20.2 Å². The molecule has 0 fully saturated rings. The van der Waals surface area contributed by atoms with E-state index in [-0.39, 0.29) is 5.91 Å². The molecule has 0 spiro atoms. The van der Waals surface area contributed by atoms with E-state index in [1.165, 1.54) is 6.39 Å². The molecule has 2 aromatic heterocycles. The standard InChI is InChI=1S/C20H15N5O2S/c26-19(24-17-6-2-5-16(10-17)20-25-23-13-27-20)15-4-1-3-14(9-15)12-28-18-11-21-7-8-22-18/h1-11,13H,12H2,(H,24,26). The molecule has 0 saturated carbocycles. The first-order valence-corrected chi connectivity index (χ1v) is 9.42. The molecule has 2 aromatic carbocycles. The van der Waals surface area contributed by atoms with Crippen LogP contribution in [0.4, 0.5) is 5.69 Å². The highest BCUT2D eigenvalue weighted by atomic mass is 32.2. The predicted octanol–water partition coefficient (Wildman–Crippen LogP) is 4.07. The van der Waals surface area contributed by atoms with Gasteiger partial charge in [0.25, 0.3) is 5.91 Å². The molecule has 138 valence electrons. The van der Waals surface area contributed by atoms with Crippen molar-refractivity contribution in [2.24, 2.45) is 0 Å². The number of rotatable bonds is 6. The number of thioether (sulfide) groups is 1. The number of amides is 1. The summed E-state index contributed by atoms with van der Waals surface area (Å²) in [6.45, 7) is 0. The normalized spacial score (nSPS) is 10.6. The highest BCUT2D eigenvalue weighted by Crippen LogP contribution is 2.22. The van der Waals surface area contributed by atoms with Gasteiger partial charge in [-0.05, 0) is 35.9 Å². The van der Waals surface area contributed by atoms with Crippen LogP contribution in [0.15, 0.2) is 83.0 Å². The van der Waals surface area contributed by atoms with Gasteiger partial charge in [0.2, 0.25) is 12.3 Å². The van der Waals surface area contributed by atoms with E-state index in [2.05, 4.69) is 25.5 Å². The lowest BCUT2D eigenvalue weighted by Crippen LogP contribution is -2.12. The Bertz CT molecular complexity index is 1070. The van der Waals surface area contributed by atoms with E-state index >= 15 is 0 Å². The Morgan fingerprint density at radius 2 is 2.04 bits per heavy atom. The van der Waals surface area contributed by atoms with Crippen molar-refractivity contribution in [3.63, 3.8) is 0 Å². The molecule has 28 heavy (non-hydrogen) atoms. The maximum Gasteiger partial charge on any atom is 0.255 e. The van der Waals surface area contributed by atoms with Gasteiger partial charge in [-0.25, -0.2) is 4.98 Å². The summed E-state index contributed by atoms with van der Waals surface area (Å²) in [6, 6.07) is 14.8. The van der Waals surface area contributed by atoms with Crippen LogP contribution in [0.2, 0.25) is 0 Å². The van der Waals surface area contributed by atoms with Gasteiger partial charge in [0, 0.05) is 35.0 Å². The molecule has 0 atom stereocenters. The van der Waals surface area contributed by atoms with E-state index in [1.807, 2.05) is 36.4 Å². The number of nitrogens with zero attached hydrogens (tertiary/aromatic N) is 4.